The molecule has 1 heterocycles. The Morgan fingerprint density at radius 1 is 1.24 bits per heavy atom. The Balaban J connectivity index is 1.89. The van der Waals surface area contributed by atoms with Crippen LogP contribution in [0.2, 0.25) is 0 Å². The van der Waals surface area contributed by atoms with Crippen molar-refractivity contribution in [3.63, 3.8) is 0 Å². The number of nitrogens with one attached hydrogen (secondary N) is 2. The predicted molar refractivity (Wildman–Crippen MR) is 71.5 cm³/mol. The lowest BCUT2D eigenvalue weighted by Gasteiger charge is -2.13. The van der Waals surface area contributed by atoms with Gasteiger partial charge in [0.05, 0.1) is 12.7 Å². The number of hydrogen-bond donors (Lipinski definition) is 3. The Morgan fingerprint density at radius 3 is 2.52 bits per heavy atom. The highest BCUT2D eigenvalue weighted by Crippen LogP contribution is 2.28. The van der Waals surface area contributed by atoms with Crippen molar-refractivity contribution in [1.82, 2.24) is 9.97 Å². The number of nitrogen functional groups attached to an aromatic ring is 1. The van der Waals surface area contributed by atoms with Crippen LogP contribution in [0.15, 0.2) is 6.07 Å². The van der Waals surface area contributed by atoms with Crippen molar-refractivity contribution in [2.75, 3.05) is 23.9 Å². The SMILES string of the molecule is NNc1cc(NCCOC2CCCC2)nc(C(F)(F)F)n1. The van der Waals surface area contributed by atoms with Crippen molar-refractivity contribution in [2.24, 2.45) is 5.84 Å². The van der Waals surface area contributed by atoms with Crippen molar-refractivity contribution in [1.29, 1.82) is 0 Å². The molecule has 9 heteroatoms. The minimum Gasteiger partial charge on any atom is -0.376 e. The number of rotatable bonds is 6. The standard InChI is InChI=1S/C12H18F3N5O/c13-12(14,15)11-18-9(7-10(19-11)20-16)17-5-6-21-8-3-1-2-4-8/h7-8H,1-6,16H2,(H2,17,18,19,20). The van der Waals surface area contributed by atoms with Gasteiger partial charge in [-0.3, -0.25) is 0 Å². The lowest BCUT2D eigenvalue weighted by molar-refractivity contribution is -0.144. The molecule has 0 saturated heterocycles. The zero-order valence-electron chi connectivity index (χ0n) is 11.4. The van der Waals surface area contributed by atoms with E-state index in [-0.39, 0.29) is 17.7 Å². The Hall–Kier alpha value is -1.61. The number of anilines is 2. The highest BCUT2D eigenvalue weighted by atomic mass is 19.4. The van der Waals surface area contributed by atoms with Crippen LogP contribution in [0.25, 0.3) is 0 Å². The first kappa shape index (κ1) is 15.8. The Bertz CT molecular complexity index is 463. The highest BCUT2D eigenvalue weighted by Gasteiger charge is 2.35. The largest absolute Gasteiger partial charge is 0.451 e. The van der Waals surface area contributed by atoms with Crippen LogP contribution in [-0.4, -0.2) is 29.2 Å². The van der Waals surface area contributed by atoms with Gasteiger partial charge in [-0.1, -0.05) is 12.8 Å². The molecule has 0 bridgehead atoms. The van der Waals surface area contributed by atoms with Crippen LogP contribution in [0.5, 0.6) is 0 Å². The molecule has 1 fully saturated rings. The maximum Gasteiger partial charge on any atom is 0.451 e. The Kier molecular flexibility index (Phi) is 5.18. The topological polar surface area (TPSA) is 85.1 Å². The first-order valence-electron chi connectivity index (χ1n) is 6.77. The molecule has 0 radical (unpaired) electrons. The van der Waals surface area contributed by atoms with Crippen LogP contribution in [-0.2, 0) is 10.9 Å². The van der Waals surface area contributed by atoms with E-state index in [0.717, 1.165) is 12.8 Å². The van der Waals surface area contributed by atoms with Crippen molar-refractivity contribution < 1.29 is 17.9 Å². The first-order valence-corrected chi connectivity index (χ1v) is 6.77. The fourth-order valence-corrected chi connectivity index (χ4v) is 2.20. The summed E-state index contributed by atoms with van der Waals surface area (Å²) in [6.45, 7) is 0.788. The normalized spacial score (nSPS) is 16.2. The molecule has 0 atom stereocenters. The van der Waals surface area contributed by atoms with E-state index in [4.69, 9.17) is 10.6 Å². The average molecular weight is 305 g/mol. The van der Waals surface area contributed by atoms with E-state index in [9.17, 15) is 13.2 Å². The number of nitrogens with zero attached hydrogens (tertiary/aromatic N) is 2. The summed E-state index contributed by atoms with van der Waals surface area (Å²) in [7, 11) is 0. The third-order valence-corrected chi connectivity index (χ3v) is 3.19. The van der Waals surface area contributed by atoms with Crippen LogP contribution < -0.4 is 16.6 Å². The monoisotopic (exact) mass is 305 g/mol. The van der Waals surface area contributed by atoms with Gasteiger partial charge in [0, 0.05) is 12.6 Å². The zero-order chi connectivity index (χ0) is 15.3. The van der Waals surface area contributed by atoms with E-state index < -0.39 is 12.0 Å². The second kappa shape index (κ2) is 6.90. The first-order chi connectivity index (χ1) is 9.99. The molecule has 2 rings (SSSR count). The predicted octanol–water partition coefficient (Wildman–Crippen LogP) is 2.15. The summed E-state index contributed by atoms with van der Waals surface area (Å²) in [5, 5.41) is 2.78. The molecule has 1 aliphatic rings. The minimum absolute atomic E-state index is 0.0558. The van der Waals surface area contributed by atoms with Crippen LogP contribution in [0.4, 0.5) is 24.8 Å². The molecule has 4 N–H and O–H groups in total. The third-order valence-electron chi connectivity index (χ3n) is 3.19. The van der Waals surface area contributed by atoms with Crippen molar-refractivity contribution in [3.05, 3.63) is 11.9 Å². The van der Waals surface area contributed by atoms with E-state index in [2.05, 4.69) is 20.7 Å². The van der Waals surface area contributed by atoms with Gasteiger partial charge in [-0.05, 0) is 12.8 Å². The second-order valence-corrected chi connectivity index (χ2v) is 4.81. The molecule has 1 aromatic rings. The Labute approximate surface area is 120 Å². The molecule has 1 saturated carbocycles. The molecular weight excluding hydrogens is 287 g/mol. The van der Waals surface area contributed by atoms with Crippen molar-refractivity contribution in [3.8, 4) is 0 Å². The van der Waals surface area contributed by atoms with Gasteiger partial charge in [-0.2, -0.15) is 13.2 Å². The summed E-state index contributed by atoms with van der Waals surface area (Å²) in [5.74, 6) is 3.82. The number of ether oxygens (including phenoxy) is 1. The quantitative estimate of drug-likeness (QED) is 0.424. The van der Waals surface area contributed by atoms with Gasteiger partial charge in [0.25, 0.3) is 0 Å². The summed E-state index contributed by atoms with van der Waals surface area (Å²) in [6.07, 6.45) is 0.0858. The van der Waals surface area contributed by atoms with Gasteiger partial charge >= 0.3 is 6.18 Å². The molecule has 0 unspecified atom stereocenters. The average Bonchev–Trinajstić information content (AvgIpc) is 2.95. The lowest BCUT2D eigenvalue weighted by atomic mass is 10.3. The molecule has 21 heavy (non-hydrogen) atoms. The molecule has 6 nitrogen and oxygen atoms in total. The van der Waals surface area contributed by atoms with Gasteiger partial charge in [0.2, 0.25) is 5.82 Å². The number of halogens is 3. The van der Waals surface area contributed by atoms with Gasteiger partial charge < -0.3 is 15.5 Å². The van der Waals surface area contributed by atoms with Gasteiger partial charge in [-0.25, -0.2) is 15.8 Å². The smallest absolute Gasteiger partial charge is 0.376 e. The fourth-order valence-electron chi connectivity index (χ4n) is 2.20. The maximum atomic E-state index is 12.6. The van der Waals surface area contributed by atoms with Crippen LogP contribution in [0.1, 0.15) is 31.5 Å². The molecule has 0 aromatic carbocycles. The molecule has 1 aliphatic carbocycles. The molecular formula is C12H18F3N5O. The summed E-state index contributed by atoms with van der Waals surface area (Å²) < 4.78 is 43.5. The molecule has 0 aliphatic heterocycles. The third kappa shape index (κ3) is 4.71. The molecule has 118 valence electrons. The number of hydrazine groups is 1. The van der Waals surface area contributed by atoms with Gasteiger partial charge in [0.15, 0.2) is 0 Å². The second-order valence-electron chi connectivity index (χ2n) is 4.81. The van der Waals surface area contributed by atoms with E-state index in [1.807, 2.05) is 0 Å². The van der Waals surface area contributed by atoms with Crippen LogP contribution >= 0.6 is 0 Å². The van der Waals surface area contributed by atoms with E-state index >= 15 is 0 Å². The van der Waals surface area contributed by atoms with Crippen LogP contribution in [0.3, 0.4) is 0 Å². The summed E-state index contributed by atoms with van der Waals surface area (Å²) in [5.41, 5.74) is 2.09. The van der Waals surface area contributed by atoms with E-state index in [1.54, 1.807) is 0 Å². The van der Waals surface area contributed by atoms with E-state index in [1.165, 1.54) is 18.9 Å². The van der Waals surface area contributed by atoms with Crippen LogP contribution in [0, 0.1) is 0 Å². The van der Waals surface area contributed by atoms with Crippen molar-refractivity contribution >= 4 is 11.6 Å². The highest BCUT2D eigenvalue weighted by molar-refractivity contribution is 5.47. The zero-order valence-corrected chi connectivity index (χ0v) is 11.4. The molecule has 1 aromatic heterocycles. The lowest BCUT2D eigenvalue weighted by Crippen LogP contribution is -2.19. The number of aromatic nitrogens is 2. The fraction of sp³-hybridized carbons (Fsp3) is 0.667. The van der Waals surface area contributed by atoms with Gasteiger partial charge in [-0.15, -0.1) is 0 Å². The number of hydrogen-bond acceptors (Lipinski definition) is 6. The van der Waals surface area contributed by atoms with Gasteiger partial charge in [0.1, 0.15) is 11.6 Å². The Morgan fingerprint density at radius 2 is 1.90 bits per heavy atom. The molecule has 0 spiro atoms. The van der Waals surface area contributed by atoms with E-state index in [0.29, 0.717) is 13.2 Å². The van der Waals surface area contributed by atoms with Crippen molar-refractivity contribution in [2.45, 2.75) is 38.0 Å². The minimum atomic E-state index is -4.62. The number of nitrogens with two attached hydrogens (primary N) is 1. The number of alkyl halides is 3. The molecule has 0 amide bonds. The maximum absolute atomic E-state index is 12.6. The summed E-state index contributed by atoms with van der Waals surface area (Å²) >= 11 is 0. The summed E-state index contributed by atoms with van der Waals surface area (Å²) in [6, 6.07) is 1.31. The summed E-state index contributed by atoms with van der Waals surface area (Å²) in [4.78, 5) is 6.69.